The zero-order valence-corrected chi connectivity index (χ0v) is 11.7. The van der Waals surface area contributed by atoms with Gasteiger partial charge in [0.25, 0.3) is 0 Å². The molecule has 4 nitrogen and oxygen atoms in total. The molecule has 0 aliphatic heterocycles. The predicted octanol–water partition coefficient (Wildman–Crippen LogP) is 1.56. The van der Waals surface area contributed by atoms with Gasteiger partial charge in [-0.3, -0.25) is 9.58 Å². The first kappa shape index (κ1) is 13.6. The Bertz CT molecular complexity index is 366. The van der Waals surface area contributed by atoms with Crippen molar-refractivity contribution in [1.29, 1.82) is 0 Å². The van der Waals surface area contributed by atoms with Crippen LogP contribution in [0.5, 0.6) is 0 Å². The molecule has 2 rings (SSSR count). The minimum Gasteiger partial charge on any atom is -0.329 e. The Morgan fingerprint density at radius 3 is 2.67 bits per heavy atom. The van der Waals surface area contributed by atoms with Gasteiger partial charge in [-0.15, -0.1) is 0 Å². The average Bonchev–Trinajstić information content (AvgIpc) is 3.00. The Hall–Kier alpha value is -0.870. The van der Waals surface area contributed by atoms with Gasteiger partial charge in [0.1, 0.15) is 0 Å². The van der Waals surface area contributed by atoms with E-state index >= 15 is 0 Å². The molecule has 2 N–H and O–H groups in total. The molecular formula is C14H26N4. The zero-order valence-electron chi connectivity index (χ0n) is 11.7. The molecule has 4 heteroatoms. The summed E-state index contributed by atoms with van der Waals surface area (Å²) in [5.74, 6) is 0. The molecule has 0 bridgehead atoms. The molecule has 102 valence electrons. The summed E-state index contributed by atoms with van der Waals surface area (Å²) in [6.45, 7) is 5.24. The van der Waals surface area contributed by atoms with Gasteiger partial charge in [-0.1, -0.05) is 19.8 Å². The number of aryl methyl sites for hydroxylation is 1. The molecule has 1 aliphatic rings. The van der Waals surface area contributed by atoms with E-state index in [9.17, 15) is 0 Å². The zero-order chi connectivity index (χ0) is 13.0. The van der Waals surface area contributed by atoms with Crippen LogP contribution in [-0.2, 0) is 13.5 Å². The number of nitrogens with two attached hydrogens (primary N) is 1. The Labute approximate surface area is 110 Å². The maximum atomic E-state index is 6.06. The fourth-order valence-electron chi connectivity index (χ4n) is 3.28. The third-order valence-corrected chi connectivity index (χ3v) is 4.40. The first-order chi connectivity index (χ1) is 8.70. The summed E-state index contributed by atoms with van der Waals surface area (Å²) in [7, 11) is 1.97. The van der Waals surface area contributed by atoms with Crippen LogP contribution in [0.4, 0.5) is 0 Å². The number of rotatable bonds is 6. The molecule has 1 fully saturated rings. The van der Waals surface area contributed by atoms with Crippen LogP contribution < -0.4 is 5.73 Å². The van der Waals surface area contributed by atoms with Crippen LogP contribution >= 0.6 is 0 Å². The number of hydrogen-bond acceptors (Lipinski definition) is 3. The van der Waals surface area contributed by atoms with E-state index in [0.29, 0.717) is 0 Å². The van der Waals surface area contributed by atoms with Crippen LogP contribution in [0.3, 0.4) is 0 Å². The van der Waals surface area contributed by atoms with Gasteiger partial charge in [0, 0.05) is 31.9 Å². The van der Waals surface area contributed by atoms with Crippen molar-refractivity contribution in [2.45, 2.75) is 44.6 Å². The van der Waals surface area contributed by atoms with E-state index in [2.05, 4.69) is 23.1 Å². The topological polar surface area (TPSA) is 47.1 Å². The Morgan fingerprint density at radius 2 is 2.17 bits per heavy atom. The summed E-state index contributed by atoms with van der Waals surface area (Å²) in [6, 6.07) is 0. The van der Waals surface area contributed by atoms with Crippen LogP contribution in [0.25, 0.3) is 0 Å². The van der Waals surface area contributed by atoms with Crippen molar-refractivity contribution in [1.82, 2.24) is 14.7 Å². The van der Waals surface area contributed by atoms with E-state index in [-0.39, 0.29) is 5.54 Å². The van der Waals surface area contributed by atoms with E-state index in [1.54, 1.807) is 0 Å². The molecule has 18 heavy (non-hydrogen) atoms. The molecule has 1 aromatic heterocycles. The second-order valence-corrected chi connectivity index (χ2v) is 5.49. The lowest BCUT2D eigenvalue weighted by Gasteiger charge is -2.40. The summed E-state index contributed by atoms with van der Waals surface area (Å²) < 4.78 is 1.87. The van der Waals surface area contributed by atoms with Gasteiger partial charge in [0.05, 0.1) is 6.20 Å². The highest BCUT2D eigenvalue weighted by Crippen LogP contribution is 2.34. The smallest absolute Gasteiger partial charge is 0.0522 e. The van der Waals surface area contributed by atoms with Crippen molar-refractivity contribution in [2.24, 2.45) is 12.8 Å². The van der Waals surface area contributed by atoms with Gasteiger partial charge in [-0.2, -0.15) is 5.10 Å². The highest BCUT2D eigenvalue weighted by atomic mass is 15.2. The first-order valence-corrected chi connectivity index (χ1v) is 7.13. The van der Waals surface area contributed by atoms with Crippen molar-refractivity contribution in [3.05, 3.63) is 18.0 Å². The van der Waals surface area contributed by atoms with Crippen molar-refractivity contribution in [3.63, 3.8) is 0 Å². The maximum absolute atomic E-state index is 6.06. The molecule has 1 heterocycles. The SMILES string of the molecule is CCN(CCc1cnn(C)c1)C1(CN)CCCC1. The largest absolute Gasteiger partial charge is 0.329 e. The normalized spacial score (nSPS) is 18.7. The van der Waals surface area contributed by atoms with Crippen LogP contribution in [-0.4, -0.2) is 39.9 Å². The summed E-state index contributed by atoms with van der Waals surface area (Å²) in [5.41, 5.74) is 7.66. The van der Waals surface area contributed by atoms with Crippen LogP contribution in [0.15, 0.2) is 12.4 Å². The van der Waals surface area contributed by atoms with E-state index in [1.807, 2.05) is 17.9 Å². The molecule has 0 amide bonds. The van der Waals surface area contributed by atoms with Crippen LogP contribution in [0.1, 0.15) is 38.2 Å². The predicted molar refractivity (Wildman–Crippen MR) is 74.4 cm³/mol. The molecule has 1 aliphatic carbocycles. The minimum absolute atomic E-state index is 0.275. The van der Waals surface area contributed by atoms with Crippen molar-refractivity contribution < 1.29 is 0 Å². The van der Waals surface area contributed by atoms with Crippen LogP contribution in [0.2, 0.25) is 0 Å². The van der Waals surface area contributed by atoms with E-state index in [0.717, 1.165) is 26.1 Å². The van der Waals surface area contributed by atoms with Crippen molar-refractivity contribution in [3.8, 4) is 0 Å². The van der Waals surface area contributed by atoms with E-state index in [1.165, 1.54) is 31.2 Å². The summed E-state index contributed by atoms with van der Waals surface area (Å²) in [5, 5.41) is 4.23. The lowest BCUT2D eigenvalue weighted by atomic mass is 9.94. The molecule has 0 radical (unpaired) electrons. The fraction of sp³-hybridized carbons (Fsp3) is 0.786. The first-order valence-electron chi connectivity index (χ1n) is 7.13. The Kier molecular flexibility index (Phi) is 4.40. The van der Waals surface area contributed by atoms with Gasteiger partial charge in [-0.05, 0) is 31.4 Å². The van der Waals surface area contributed by atoms with Gasteiger partial charge in [-0.25, -0.2) is 0 Å². The number of likely N-dealkylation sites (N-methyl/N-ethyl adjacent to an activating group) is 1. The number of hydrogen-bond donors (Lipinski definition) is 1. The van der Waals surface area contributed by atoms with Gasteiger partial charge < -0.3 is 5.73 Å². The standard InChI is InChI=1S/C14H26N4/c1-3-18(14(12-15)7-4-5-8-14)9-6-13-10-16-17(2)11-13/h10-11H,3-9,12,15H2,1-2H3. The molecule has 1 saturated carbocycles. The second kappa shape index (κ2) is 5.85. The highest BCUT2D eigenvalue weighted by molar-refractivity contribution is 5.05. The lowest BCUT2D eigenvalue weighted by Crippen LogP contribution is -2.52. The quantitative estimate of drug-likeness (QED) is 0.833. The van der Waals surface area contributed by atoms with Gasteiger partial charge in [0.2, 0.25) is 0 Å². The molecular weight excluding hydrogens is 224 g/mol. The maximum Gasteiger partial charge on any atom is 0.0522 e. The third kappa shape index (κ3) is 2.75. The molecule has 1 aromatic rings. The molecule has 0 aromatic carbocycles. The summed E-state index contributed by atoms with van der Waals surface area (Å²) in [6.07, 6.45) is 10.4. The number of nitrogens with zero attached hydrogens (tertiary/aromatic N) is 3. The monoisotopic (exact) mass is 250 g/mol. The van der Waals surface area contributed by atoms with Gasteiger partial charge >= 0.3 is 0 Å². The lowest BCUT2D eigenvalue weighted by molar-refractivity contribution is 0.107. The summed E-state index contributed by atoms with van der Waals surface area (Å²) >= 11 is 0. The Balaban J connectivity index is 1.96. The molecule has 0 saturated heterocycles. The molecule has 0 atom stereocenters. The van der Waals surface area contributed by atoms with Gasteiger partial charge in [0.15, 0.2) is 0 Å². The molecule has 0 spiro atoms. The van der Waals surface area contributed by atoms with Crippen LogP contribution in [0, 0.1) is 0 Å². The number of aromatic nitrogens is 2. The minimum atomic E-state index is 0.275. The fourth-order valence-corrected chi connectivity index (χ4v) is 3.28. The second-order valence-electron chi connectivity index (χ2n) is 5.49. The summed E-state index contributed by atoms with van der Waals surface area (Å²) in [4.78, 5) is 2.59. The third-order valence-electron chi connectivity index (χ3n) is 4.40. The Morgan fingerprint density at radius 1 is 1.44 bits per heavy atom. The average molecular weight is 250 g/mol. The van der Waals surface area contributed by atoms with Crippen molar-refractivity contribution >= 4 is 0 Å². The highest BCUT2D eigenvalue weighted by Gasteiger charge is 2.37. The molecule has 0 unspecified atom stereocenters. The van der Waals surface area contributed by atoms with Crippen molar-refractivity contribution in [2.75, 3.05) is 19.6 Å². The van der Waals surface area contributed by atoms with E-state index < -0.39 is 0 Å². The van der Waals surface area contributed by atoms with E-state index in [4.69, 9.17) is 5.73 Å².